The zero-order valence-corrected chi connectivity index (χ0v) is 19.8. The zero-order valence-electron chi connectivity index (χ0n) is 19.8. The number of amidine groups is 1. The van der Waals surface area contributed by atoms with Crippen LogP contribution >= 0.6 is 0 Å². The monoisotopic (exact) mass is 476 g/mol. The van der Waals surface area contributed by atoms with E-state index >= 15 is 4.39 Å². The van der Waals surface area contributed by atoms with Crippen molar-refractivity contribution in [3.8, 4) is 11.8 Å². The van der Waals surface area contributed by atoms with E-state index in [1.165, 1.54) is 18.4 Å². The summed E-state index contributed by atoms with van der Waals surface area (Å²) in [5.74, 6) is 2.36. The topological polar surface area (TPSA) is 97.9 Å². The number of nitrogens with two attached hydrogens (primary N) is 1. The van der Waals surface area contributed by atoms with Crippen molar-refractivity contribution in [2.45, 2.75) is 32.3 Å². The van der Waals surface area contributed by atoms with Gasteiger partial charge in [-0.3, -0.25) is 4.99 Å². The lowest BCUT2D eigenvalue weighted by Crippen LogP contribution is -2.46. The van der Waals surface area contributed by atoms with E-state index in [1.54, 1.807) is 6.07 Å². The van der Waals surface area contributed by atoms with Gasteiger partial charge in [0.1, 0.15) is 17.5 Å². The quantitative estimate of drug-likeness (QED) is 0.656. The summed E-state index contributed by atoms with van der Waals surface area (Å²) in [7, 11) is 0. The molecule has 9 heteroatoms. The minimum atomic E-state index is -0.394. The van der Waals surface area contributed by atoms with E-state index in [9.17, 15) is 0 Å². The van der Waals surface area contributed by atoms with Gasteiger partial charge >= 0.3 is 6.01 Å². The number of nitrogens with one attached hydrogen (secondary N) is 1. The fourth-order valence-corrected chi connectivity index (χ4v) is 4.80. The van der Waals surface area contributed by atoms with Gasteiger partial charge in [-0.25, -0.2) is 4.39 Å². The van der Waals surface area contributed by atoms with Crippen LogP contribution in [-0.2, 0) is 11.2 Å². The number of aromatic nitrogens is 2. The van der Waals surface area contributed by atoms with E-state index in [0.29, 0.717) is 49.4 Å². The van der Waals surface area contributed by atoms with Crippen LogP contribution in [0.1, 0.15) is 30.9 Å². The largest absolute Gasteiger partial charge is 0.421 e. The van der Waals surface area contributed by atoms with Gasteiger partial charge in [0, 0.05) is 31.3 Å². The van der Waals surface area contributed by atoms with Crippen LogP contribution in [0.3, 0.4) is 0 Å². The molecule has 6 rings (SSSR count). The number of hydrogen-bond acceptors (Lipinski definition) is 8. The molecule has 2 aliphatic carbocycles. The molecule has 2 fully saturated rings. The Morgan fingerprint density at radius 2 is 2.14 bits per heavy atom. The number of morpholine rings is 1. The number of rotatable bonds is 6. The maximum absolute atomic E-state index is 15.2. The predicted octanol–water partition coefficient (Wildman–Crippen LogP) is 3.69. The van der Waals surface area contributed by atoms with E-state index in [4.69, 9.17) is 15.2 Å². The first-order chi connectivity index (χ1) is 17.1. The Morgan fingerprint density at radius 1 is 1.26 bits per heavy atom. The molecular formula is C26H29FN6O2. The molecule has 2 aliphatic heterocycles. The van der Waals surface area contributed by atoms with Gasteiger partial charge in [0.05, 0.1) is 19.3 Å². The highest BCUT2D eigenvalue weighted by Gasteiger charge is 2.28. The zero-order chi connectivity index (χ0) is 23.9. The Kier molecular flexibility index (Phi) is 5.74. The van der Waals surface area contributed by atoms with Gasteiger partial charge in [-0.1, -0.05) is 17.7 Å². The van der Waals surface area contributed by atoms with Gasteiger partial charge in [0.15, 0.2) is 11.6 Å². The van der Waals surface area contributed by atoms with Crippen molar-refractivity contribution in [3.63, 3.8) is 0 Å². The first-order valence-electron chi connectivity index (χ1n) is 12.2. The molecular weight excluding hydrogens is 447 g/mol. The summed E-state index contributed by atoms with van der Waals surface area (Å²) in [6.07, 6.45) is 7.13. The molecule has 0 spiro atoms. The summed E-state index contributed by atoms with van der Waals surface area (Å²) in [6.45, 7) is 4.97. The molecule has 0 bridgehead atoms. The lowest BCUT2D eigenvalue weighted by Gasteiger charge is -2.33. The number of anilines is 2. The van der Waals surface area contributed by atoms with Crippen molar-refractivity contribution in [1.29, 1.82) is 0 Å². The Hall–Kier alpha value is -3.30. The van der Waals surface area contributed by atoms with Crippen LogP contribution in [0, 0.1) is 11.7 Å². The molecule has 3 heterocycles. The average molecular weight is 477 g/mol. The van der Waals surface area contributed by atoms with Crippen LogP contribution in [0.5, 0.6) is 11.8 Å². The van der Waals surface area contributed by atoms with E-state index in [0.717, 1.165) is 29.9 Å². The molecule has 2 aromatic rings. The number of nitrogens with zero attached hydrogens (tertiary/aromatic N) is 4. The Morgan fingerprint density at radius 3 is 2.97 bits per heavy atom. The van der Waals surface area contributed by atoms with Gasteiger partial charge < -0.3 is 25.4 Å². The second-order valence-electron chi connectivity index (χ2n) is 9.61. The molecule has 182 valence electrons. The molecule has 1 atom stereocenters. The van der Waals surface area contributed by atoms with Gasteiger partial charge in [-0.2, -0.15) is 9.97 Å². The summed E-state index contributed by atoms with van der Waals surface area (Å²) < 4.78 is 26.9. The maximum Gasteiger partial charge on any atom is 0.326 e. The third-order valence-electron chi connectivity index (χ3n) is 6.83. The molecule has 4 aliphatic rings. The average Bonchev–Trinajstić information content (AvgIpc) is 3.49. The summed E-state index contributed by atoms with van der Waals surface area (Å²) >= 11 is 0. The van der Waals surface area contributed by atoms with Gasteiger partial charge in [0.25, 0.3) is 0 Å². The maximum atomic E-state index is 15.2. The van der Waals surface area contributed by atoms with Crippen molar-refractivity contribution in [3.05, 3.63) is 52.4 Å². The van der Waals surface area contributed by atoms with Crippen molar-refractivity contribution in [2.24, 2.45) is 16.6 Å². The molecule has 35 heavy (non-hydrogen) atoms. The highest BCUT2D eigenvalue weighted by Crippen LogP contribution is 2.38. The molecule has 1 saturated heterocycles. The fraction of sp³-hybridized carbons (Fsp3) is 0.423. The van der Waals surface area contributed by atoms with Crippen LogP contribution in [0.4, 0.5) is 16.0 Å². The van der Waals surface area contributed by atoms with E-state index < -0.39 is 5.82 Å². The number of fused-ring (bicyclic) bond motifs is 1. The van der Waals surface area contributed by atoms with Crippen LogP contribution in [0.15, 0.2) is 40.4 Å². The fourth-order valence-electron chi connectivity index (χ4n) is 4.80. The van der Waals surface area contributed by atoms with Crippen molar-refractivity contribution >= 4 is 23.5 Å². The van der Waals surface area contributed by atoms with Crippen LogP contribution in [0.2, 0.25) is 0 Å². The standard InChI is InChI=1S/C26H29FN6O2/c1-15-8-17-4-5-21(25(27)20(17)9-15)35-26-31-23(30-22-10-18(13-29-22)16-2-3-16)11-24(32-26)33-6-7-34-19(12-28)14-33/h4-5,9-11,16,19H,2-3,6-8,12-14,28H2,1H3,(H,29,30,31,32). The molecule has 0 radical (unpaired) electrons. The second-order valence-corrected chi connectivity index (χ2v) is 9.61. The van der Waals surface area contributed by atoms with E-state index in [1.807, 2.05) is 25.1 Å². The van der Waals surface area contributed by atoms with E-state index in [-0.39, 0.29) is 17.9 Å². The highest BCUT2D eigenvalue weighted by molar-refractivity contribution is 6.05. The SMILES string of the molecule is CC1=Cc2c(ccc(Oc3nc(NC4=NCC(C5CC5)=C4)cc(N4CCOC(CN)C4)n3)c2F)C1. The first-order valence-corrected chi connectivity index (χ1v) is 12.2. The number of aliphatic imine (C=N–C) groups is 1. The minimum Gasteiger partial charge on any atom is -0.421 e. The minimum absolute atomic E-state index is 0.0725. The number of hydrogen-bond donors (Lipinski definition) is 2. The number of allylic oxidation sites excluding steroid dienone is 1. The Bertz CT molecular complexity index is 1250. The molecule has 0 amide bonds. The summed E-state index contributed by atoms with van der Waals surface area (Å²) in [6, 6.07) is 5.48. The third-order valence-corrected chi connectivity index (χ3v) is 6.83. The normalized spacial score (nSPS) is 21.4. The lowest BCUT2D eigenvalue weighted by atomic mass is 10.1. The molecule has 1 saturated carbocycles. The molecule has 3 N–H and O–H groups in total. The first kappa shape index (κ1) is 22.2. The Balaban J connectivity index is 1.31. The molecule has 1 aromatic carbocycles. The van der Waals surface area contributed by atoms with Crippen LogP contribution in [0.25, 0.3) is 6.08 Å². The molecule has 8 nitrogen and oxygen atoms in total. The lowest BCUT2D eigenvalue weighted by molar-refractivity contribution is 0.0462. The van der Waals surface area contributed by atoms with Crippen molar-refractivity contribution < 1.29 is 13.9 Å². The van der Waals surface area contributed by atoms with Crippen molar-refractivity contribution in [1.82, 2.24) is 9.97 Å². The summed E-state index contributed by atoms with van der Waals surface area (Å²) in [4.78, 5) is 15.9. The summed E-state index contributed by atoms with van der Waals surface area (Å²) in [5.41, 5.74) is 9.86. The number of ether oxygens (including phenoxy) is 2. The number of halogens is 1. The van der Waals surface area contributed by atoms with E-state index in [2.05, 4.69) is 31.3 Å². The smallest absolute Gasteiger partial charge is 0.326 e. The predicted molar refractivity (Wildman–Crippen MR) is 134 cm³/mol. The van der Waals surface area contributed by atoms with Gasteiger partial charge in [-0.15, -0.1) is 0 Å². The second kappa shape index (κ2) is 9.05. The Labute approximate surface area is 203 Å². The third kappa shape index (κ3) is 4.66. The van der Waals surface area contributed by atoms with Gasteiger partial charge in [0.2, 0.25) is 0 Å². The van der Waals surface area contributed by atoms with Gasteiger partial charge in [-0.05, 0) is 55.4 Å². The summed E-state index contributed by atoms with van der Waals surface area (Å²) in [5, 5.41) is 3.30. The van der Waals surface area contributed by atoms with Crippen LogP contribution < -0.4 is 20.7 Å². The molecule has 1 aromatic heterocycles. The molecule has 1 unspecified atom stereocenters. The van der Waals surface area contributed by atoms with Crippen LogP contribution in [-0.4, -0.2) is 54.7 Å². The van der Waals surface area contributed by atoms with Crippen molar-refractivity contribution in [2.75, 3.05) is 43.0 Å². The highest BCUT2D eigenvalue weighted by atomic mass is 19.1. The number of benzene rings is 1.